The molecule has 0 aromatic carbocycles. The second-order valence-electron chi connectivity index (χ2n) is 6.62. The minimum absolute atomic E-state index is 0.0859. The van der Waals surface area contributed by atoms with Crippen LogP contribution in [-0.2, 0) is 6.54 Å². The number of alkyl halides is 3. The second-order valence-corrected chi connectivity index (χ2v) is 6.62. The van der Waals surface area contributed by atoms with Gasteiger partial charge in [0, 0.05) is 24.5 Å². The van der Waals surface area contributed by atoms with Gasteiger partial charge in [0.1, 0.15) is 6.54 Å². The molecule has 0 saturated carbocycles. The molecule has 0 aliphatic carbocycles. The van der Waals surface area contributed by atoms with E-state index in [9.17, 15) is 13.2 Å². The van der Waals surface area contributed by atoms with Crippen LogP contribution in [0, 0.1) is 0 Å². The number of aromatic nitrogens is 6. The van der Waals surface area contributed by atoms with Crippen molar-refractivity contribution in [2.45, 2.75) is 25.7 Å². The van der Waals surface area contributed by atoms with E-state index in [1.54, 1.807) is 16.9 Å². The topological polar surface area (TPSA) is 115 Å². The highest BCUT2D eigenvalue weighted by Crippen LogP contribution is 2.29. The molecular weight excluding hydrogens is 401 g/mol. The van der Waals surface area contributed by atoms with Gasteiger partial charge in [-0.3, -0.25) is 4.68 Å². The highest BCUT2D eigenvalue weighted by atomic mass is 19.4. The van der Waals surface area contributed by atoms with Crippen LogP contribution in [0.2, 0.25) is 0 Å². The maximum absolute atomic E-state index is 12.6. The summed E-state index contributed by atoms with van der Waals surface area (Å²) in [5.74, 6) is 1.04. The molecule has 156 valence electrons. The summed E-state index contributed by atoms with van der Waals surface area (Å²) in [5.41, 5.74) is 7.41. The van der Waals surface area contributed by atoms with E-state index >= 15 is 0 Å². The number of fused-ring (bicyclic) bond motifs is 1. The van der Waals surface area contributed by atoms with Crippen LogP contribution in [0.4, 0.5) is 30.6 Å². The molecule has 0 spiro atoms. The number of nitrogens with zero attached hydrogens (tertiary/aromatic N) is 9. The van der Waals surface area contributed by atoms with Crippen molar-refractivity contribution >= 4 is 29.9 Å². The van der Waals surface area contributed by atoms with Gasteiger partial charge in [-0.1, -0.05) is 0 Å². The second kappa shape index (κ2) is 7.24. The largest absolute Gasteiger partial charge is 0.408 e. The summed E-state index contributed by atoms with van der Waals surface area (Å²) in [7, 11) is 0. The number of aliphatic imine (C=N–C) groups is 1. The van der Waals surface area contributed by atoms with E-state index in [-0.39, 0.29) is 24.2 Å². The Labute approximate surface area is 168 Å². The number of hydrazone groups is 1. The smallest absolute Gasteiger partial charge is 0.381 e. The van der Waals surface area contributed by atoms with E-state index in [1.807, 2.05) is 6.92 Å². The first kappa shape index (κ1) is 19.5. The average Bonchev–Trinajstić information content (AvgIpc) is 3.38. The molecule has 0 radical (unpaired) electrons. The molecule has 30 heavy (non-hydrogen) atoms. The Morgan fingerprint density at radius 1 is 1.30 bits per heavy atom. The zero-order valence-electron chi connectivity index (χ0n) is 15.8. The number of hydrogen-bond acceptors (Lipinski definition) is 8. The fourth-order valence-corrected chi connectivity index (χ4v) is 3.07. The molecule has 0 fully saturated rings. The van der Waals surface area contributed by atoms with Gasteiger partial charge < -0.3 is 5.73 Å². The summed E-state index contributed by atoms with van der Waals surface area (Å²) in [6.07, 6.45) is 1.17. The van der Waals surface area contributed by atoms with Crippen LogP contribution >= 0.6 is 0 Å². The number of anilines is 2. The van der Waals surface area contributed by atoms with Crippen LogP contribution < -0.4 is 10.7 Å². The van der Waals surface area contributed by atoms with Gasteiger partial charge in [-0.15, -0.1) is 0 Å². The summed E-state index contributed by atoms with van der Waals surface area (Å²) in [4.78, 5) is 13.1. The van der Waals surface area contributed by atoms with Gasteiger partial charge in [-0.05, 0) is 6.92 Å². The lowest BCUT2D eigenvalue weighted by atomic mass is 10.2. The van der Waals surface area contributed by atoms with Gasteiger partial charge in [-0.25, -0.2) is 24.7 Å². The normalized spacial score (nSPS) is 15.7. The molecule has 10 nitrogen and oxygen atoms in total. The van der Waals surface area contributed by atoms with Crippen molar-refractivity contribution in [3.63, 3.8) is 0 Å². The lowest BCUT2D eigenvalue weighted by molar-refractivity contribution is -0.142. The van der Waals surface area contributed by atoms with E-state index in [1.165, 1.54) is 23.6 Å². The van der Waals surface area contributed by atoms with Crippen molar-refractivity contribution in [2.75, 3.05) is 17.3 Å². The third kappa shape index (κ3) is 3.73. The number of nitrogen functional groups attached to an aromatic ring is 1. The molecular formula is C17H17F3N10. The monoisotopic (exact) mass is 418 g/mol. The van der Waals surface area contributed by atoms with Gasteiger partial charge in [-0.2, -0.15) is 28.5 Å². The molecule has 13 heteroatoms. The van der Waals surface area contributed by atoms with E-state index in [0.717, 1.165) is 16.2 Å². The molecule has 0 amide bonds. The Balaban J connectivity index is 1.59. The van der Waals surface area contributed by atoms with Crippen LogP contribution in [-0.4, -0.2) is 54.7 Å². The summed E-state index contributed by atoms with van der Waals surface area (Å²) in [5, 5.41) is 13.4. The molecule has 0 saturated heterocycles. The predicted octanol–water partition coefficient (Wildman–Crippen LogP) is 2.45. The standard InChI is InChI=1S/C17H17F3N10/c1-10-13(26-14-3-4-24-30(10)14)8-29(22-2)16-15(21)23-6-12(27-16)11-5-25-28(7-11)9-17(18,19)20/h3-7,10H,2,8-9H2,1H3,(H2,21,23). The van der Waals surface area contributed by atoms with Gasteiger partial charge in [0.2, 0.25) is 0 Å². The molecule has 0 bridgehead atoms. The van der Waals surface area contributed by atoms with E-state index in [2.05, 4.69) is 37.0 Å². The zero-order chi connectivity index (χ0) is 21.5. The molecule has 4 rings (SSSR count). The van der Waals surface area contributed by atoms with Crippen molar-refractivity contribution in [1.29, 1.82) is 0 Å². The quantitative estimate of drug-likeness (QED) is 0.486. The van der Waals surface area contributed by atoms with E-state index in [0.29, 0.717) is 11.3 Å². The Kier molecular flexibility index (Phi) is 4.72. The van der Waals surface area contributed by atoms with E-state index in [4.69, 9.17) is 5.73 Å². The molecule has 1 atom stereocenters. The summed E-state index contributed by atoms with van der Waals surface area (Å²) in [6.45, 7) is 4.55. The summed E-state index contributed by atoms with van der Waals surface area (Å²) < 4.78 is 40.3. The first-order valence-corrected chi connectivity index (χ1v) is 8.82. The Bertz CT molecular complexity index is 1110. The molecule has 1 unspecified atom stereocenters. The first-order valence-electron chi connectivity index (χ1n) is 8.82. The molecule has 1 aliphatic rings. The Hall–Kier alpha value is -3.77. The van der Waals surface area contributed by atoms with Crippen LogP contribution in [0.1, 0.15) is 13.0 Å². The van der Waals surface area contributed by atoms with Gasteiger partial charge in [0.25, 0.3) is 0 Å². The maximum atomic E-state index is 12.6. The number of hydrogen-bond donors (Lipinski definition) is 1. The lowest BCUT2D eigenvalue weighted by Gasteiger charge is -2.20. The van der Waals surface area contributed by atoms with Crippen molar-refractivity contribution in [1.82, 2.24) is 29.5 Å². The minimum atomic E-state index is -4.38. The molecule has 2 N–H and O–H groups in total. The molecule has 3 aromatic rings. The van der Waals surface area contributed by atoms with Gasteiger partial charge >= 0.3 is 6.18 Å². The fourth-order valence-electron chi connectivity index (χ4n) is 3.07. The van der Waals surface area contributed by atoms with Crippen LogP contribution in [0.5, 0.6) is 0 Å². The third-order valence-corrected chi connectivity index (χ3v) is 4.54. The van der Waals surface area contributed by atoms with Gasteiger partial charge in [0.05, 0.1) is 42.6 Å². The van der Waals surface area contributed by atoms with Crippen molar-refractivity contribution in [3.05, 3.63) is 30.9 Å². The average molecular weight is 418 g/mol. The van der Waals surface area contributed by atoms with Crippen LogP contribution in [0.15, 0.2) is 40.9 Å². The first-order chi connectivity index (χ1) is 14.2. The van der Waals surface area contributed by atoms with Crippen LogP contribution in [0.25, 0.3) is 11.3 Å². The molecule has 1 aliphatic heterocycles. The highest BCUT2D eigenvalue weighted by Gasteiger charge is 2.29. The summed E-state index contributed by atoms with van der Waals surface area (Å²) in [6, 6.07) is 1.71. The third-order valence-electron chi connectivity index (χ3n) is 4.54. The molecule has 4 heterocycles. The highest BCUT2D eigenvalue weighted by molar-refractivity contribution is 5.96. The van der Waals surface area contributed by atoms with Gasteiger partial charge in [0.15, 0.2) is 17.5 Å². The van der Waals surface area contributed by atoms with E-state index < -0.39 is 12.7 Å². The minimum Gasteiger partial charge on any atom is -0.381 e. The zero-order valence-corrected chi connectivity index (χ0v) is 15.8. The summed E-state index contributed by atoms with van der Waals surface area (Å²) >= 11 is 0. The van der Waals surface area contributed by atoms with Crippen LogP contribution in [0.3, 0.4) is 0 Å². The Morgan fingerprint density at radius 3 is 2.80 bits per heavy atom. The van der Waals surface area contributed by atoms with Crippen molar-refractivity contribution < 1.29 is 13.2 Å². The SMILES string of the molecule is C=NN(CC1=Nc2ccnn2C1C)c1nc(-c2cnn(CC(F)(F)F)c2)cnc1N. The fraction of sp³-hybridized carbons (Fsp3) is 0.294. The molecule has 3 aromatic heterocycles. The number of halogens is 3. The Morgan fingerprint density at radius 2 is 2.10 bits per heavy atom. The number of nitrogens with two attached hydrogens (primary N) is 1. The van der Waals surface area contributed by atoms with Crippen molar-refractivity contribution in [2.24, 2.45) is 10.1 Å². The lowest BCUT2D eigenvalue weighted by Crippen LogP contribution is -2.29. The van der Waals surface area contributed by atoms with Crippen molar-refractivity contribution in [3.8, 4) is 11.3 Å². The maximum Gasteiger partial charge on any atom is 0.408 e. The number of rotatable bonds is 6. The predicted molar refractivity (Wildman–Crippen MR) is 105 cm³/mol.